The van der Waals surface area contributed by atoms with Gasteiger partial charge >= 0.3 is 0 Å². The second-order valence-corrected chi connectivity index (χ2v) is 10.6. The lowest BCUT2D eigenvalue weighted by Gasteiger charge is -2.40. The number of benzene rings is 3. The molecule has 8 nitrogen and oxygen atoms in total. The number of rotatable bonds is 6. The molecule has 1 atom stereocenters. The van der Waals surface area contributed by atoms with Gasteiger partial charge in [0.15, 0.2) is 5.82 Å². The number of pyridine rings is 1. The summed E-state index contributed by atoms with van der Waals surface area (Å²) in [5.74, 6) is 0.291. The monoisotopic (exact) mass is 537 g/mol. The quantitative estimate of drug-likeness (QED) is 0.343. The van der Waals surface area contributed by atoms with Gasteiger partial charge in [-0.15, -0.1) is 5.10 Å². The van der Waals surface area contributed by atoms with Crippen molar-refractivity contribution in [1.29, 1.82) is 0 Å². The summed E-state index contributed by atoms with van der Waals surface area (Å²) in [7, 11) is 0. The standard InChI is InChI=1S/C31H32FN7O/c1-20-7-10-24-18-26(31(40)33-27(24)17-20)29(30-34-35-36-39(30)19-23-8-11-25(32)12-9-23)38-15-13-37(14-16-38)28-6-4-5-21(2)22(28)3/h4-12,17-18,29H,13-16,19H2,1-3H3,(H,33,40)/t29-/m0/s1. The minimum absolute atomic E-state index is 0.156. The fourth-order valence-electron chi connectivity index (χ4n) is 5.62. The van der Waals surface area contributed by atoms with Crippen LogP contribution in [0.3, 0.4) is 0 Å². The molecule has 5 aromatic rings. The van der Waals surface area contributed by atoms with Crippen LogP contribution < -0.4 is 10.5 Å². The molecular weight excluding hydrogens is 505 g/mol. The van der Waals surface area contributed by atoms with Gasteiger partial charge in [-0.3, -0.25) is 9.69 Å². The molecule has 204 valence electrons. The first-order valence-corrected chi connectivity index (χ1v) is 13.6. The van der Waals surface area contributed by atoms with E-state index < -0.39 is 6.04 Å². The molecular formula is C31H32FN7O. The number of halogens is 1. The minimum atomic E-state index is -0.453. The topological polar surface area (TPSA) is 82.9 Å². The van der Waals surface area contributed by atoms with Gasteiger partial charge in [-0.25, -0.2) is 9.07 Å². The number of aryl methyl sites for hydroxylation is 2. The second-order valence-electron chi connectivity index (χ2n) is 10.6. The minimum Gasteiger partial charge on any atom is -0.369 e. The number of aromatic nitrogens is 5. The molecule has 0 bridgehead atoms. The number of tetrazole rings is 1. The van der Waals surface area contributed by atoms with Crippen molar-refractivity contribution in [1.82, 2.24) is 30.1 Å². The number of fused-ring (bicyclic) bond motifs is 1. The van der Waals surface area contributed by atoms with Crippen LogP contribution in [0.1, 0.15) is 39.7 Å². The summed E-state index contributed by atoms with van der Waals surface area (Å²) >= 11 is 0. The molecule has 0 aliphatic carbocycles. The summed E-state index contributed by atoms with van der Waals surface area (Å²) < 4.78 is 15.3. The zero-order valence-electron chi connectivity index (χ0n) is 22.9. The van der Waals surface area contributed by atoms with Crippen molar-refractivity contribution in [3.05, 3.63) is 117 Å². The normalized spacial score (nSPS) is 15.1. The highest BCUT2D eigenvalue weighted by atomic mass is 19.1. The maximum atomic E-state index is 13.6. The van der Waals surface area contributed by atoms with E-state index in [-0.39, 0.29) is 11.4 Å². The van der Waals surface area contributed by atoms with E-state index in [0.717, 1.165) is 48.2 Å². The Hall–Kier alpha value is -4.37. The van der Waals surface area contributed by atoms with Crippen molar-refractivity contribution in [2.75, 3.05) is 31.1 Å². The SMILES string of the molecule is Cc1ccc2cc([C@@H](c3nnnn3Cc3ccc(F)cc3)N3CCN(c4cccc(C)c4C)CC3)c(=O)[nH]c2c1. The summed E-state index contributed by atoms with van der Waals surface area (Å²) in [6.07, 6.45) is 0. The van der Waals surface area contributed by atoms with Gasteiger partial charge in [-0.2, -0.15) is 0 Å². The number of hydrogen-bond acceptors (Lipinski definition) is 6. The van der Waals surface area contributed by atoms with Gasteiger partial charge < -0.3 is 9.88 Å². The molecule has 2 aromatic heterocycles. The molecule has 1 fully saturated rings. The van der Waals surface area contributed by atoms with Crippen LogP contribution in [-0.2, 0) is 6.54 Å². The van der Waals surface area contributed by atoms with Crippen LogP contribution >= 0.6 is 0 Å². The Morgan fingerprint density at radius 2 is 1.73 bits per heavy atom. The summed E-state index contributed by atoms with van der Waals surface area (Å²) in [5, 5.41) is 13.7. The van der Waals surface area contributed by atoms with Crippen molar-refractivity contribution in [2.24, 2.45) is 0 Å². The van der Waals surface area contributed by atoms with Crippen molar-refractivity contribution in [3.63, 3.8) is 0 Å². The van der Waals surface area contributed by atoms with Crippen LogP contribution in [0.4, 0.5) is 10.1 Å². The first kappa shape index (κ1) is 25.9. The van der Waals surface area contributed by atoms with Crippen molar-refractivity contribution < 1.29 is 4.39 Å². The first-order valence-electron chi connectivity index (χ1n) is 13.6. The van der Waals surface area contributed by atoms with E-state index in [2.05, 4.69) is 62.4 Å². The maximum absolute atomic E-state index is 13.6. The number of anilines is 1. The summed E-state index contributed by atoms with van der Waals surface area (Å²) in [4.78, 5) is 21.4. The van der Waals surface area contributed by atoms with E-state index in [1.165, 1.54) is 28.9 Å². The summed E-state index contributed by atoms with van der Waals surface area (Å²) in [5.41, 5.74) is 7.01. The average Bonchev–Trinajstić information content (AvgIpc) is 3.40. The largest absolute Gasteiger partial charge is 0.369 e. The number of nitrogens with zero attached hydrogens (tertiary/aromatic N) is 6. The van der Waals surface area contributed by atoms with Crippen LogP contribution in [0.2, 0.25) is 0 Å². The Kier molecular flexibility index (Phi) is 6.89. The number of H-pyrrole nitrogens is 1. The van der Waals surface area contributed by atoms with Crippen molar-refractivity contribution in [3.8, 4) is 0 Å². The second kappa shape index (κ2) is 10.7. The molecule has 1 N–H and O–H groups in total. The molecule has 0 radical (unpaired) electrons. The number of piperazine rings is 1. The molecule has 0 saturated carbocycles. The van der Waals surface area contributed by atoms with Gasteiger partial charge in [0, 0.05) is 42.9 Å². The van der Waals surface area contributed by atoms with E-state index >= 15 is 0 Å². The molecule has 0 amide bonds. The predicted octanol–water partition coefficient (Wildman–Crippen LogP) is 4.54. The van der Waals surface area contributed by atoms with Gasteiger partial charge in [-0.1, -0.05) is 36.4 Å². The molecule has 40 heavy (non-hydrogen) atoms. The Morgan fingerprint density at radius 3 is 2.50 bits per heavy atom. The Labute approximate surface area is 232 Å². The zero-order chi connectivity index (χ0) is 27.8. The molecule has 1 saturated heterocycles. The third-order valence-corrected chi connectivity index (χ3v) is 7.97. The highest BCUT2D eigenvalue weighted by molar-refractivity contribution is 5.79. The molecule has 0 spiro atoms. The molecule has 0 unspecified atom stereocenters. The first-order chi connectivity index (χ1) is 19.4. The molecule has 6 rings (SSSR count). The van der Waals surface area contributed by atoms with E-state index in [9.17, 15) is 9.18 Å². The van der Waals surface area contributed by atoms with Crippen LogP contribution in [0.5, 0.6) is 0 Å². The molecule has 9 heteroatoms. The Morgan fingerprint density at radius 1 is 0.950 bits per heavy atom. The Bertz CT molecular complexity index is 1720. The lowest BCUT2D eigenvalue weighted by molar-refractivity contribution is 0.200. The van der Waals surface area contributed by atoms with Gasteiger partial charge in [0.2, 0.25) is 0 Å². The fourth-order valence-corrected chi connectivity index (χ4v) is 5.62. The molecule has 1 aliphatic heterocycles. The average molecular weight is 538 g/mol. The Balaban J connectivity index is 1.38. The molecule has 1 aliphatic rings. The third-order valence-electron chi connectivity index (χ3n) is 7.97. The highest BCUT2D eigenvalue weighted by Crippen LogP contribution is 2.30. The van der Waals surface area contributed by atoms with E-state index in [1.54, 1.807) is 16.8 Å². The van der Waals surface area contributed by atoms with Gasteiger partial charge in [0.05, 0.1) is 6.54 Å². The molecule has 3 heterocycles. The van der Waals surface area contributed by atoms with Crippen molar-refractivity contribution in [2.45, 2.75) is 33.4 Å². The van der Waals surface area contributed by atoms with Gasteiger partial charge in [0.1, 0.15) is 11.9 Å². The maximum Gasteiger partial charge on any atom is 0.253 e. The van der Waals surface area contributed by atoms with Crippen LogP contribution in [-0.4, -0.2) is 56.3 Å². The summed E-state index contributed by atoms with van der Waals surface area (Å²) in [6, 6.07) is 20.3. The van der Waals surface area contributed by atoms with Crippen molar-refractivity contribution >= 4 is 16.6 Å². The zero-order valence-corrected chi connectivity index (χ0v) is 22.9. The van der Waals surface area contributed by atoms with Crippen LogP contribution in [0.15, 0.2) is 71.5 Å². The van der Waals surface area contributed by atoms with Crippen LogP contribution in [0.25, 0.3) is 10.9 Å². The van der Waals surface area contributed by atoms with E-state index in [4.69, 9.17) is 0 Å². The number of aromatic amines is 1. The third kappa shape index (κ3) is 5.00. The van der Waals surface area contributed by atoms with E-state index in [1.807, 2.05) is 31.2 Å². The lowest BCUT2D eigenvalue weighted by atomic mass is 10.0. The number of nitrogens with one attached hydrogen (secondary N) is 1. The lowest BCUT2D eigenvalue weighted by Crippen LogP contribution is -2.49. The fraction of sp³-hybridized carbons (Fsp3) is 0.290. The van der Waals surface area contributed by atoms with Gasteiger partial charge in [0.25, 0.3) is 5.56 Å². The highest BCUT2D eigenvalue weighted by Gasteiger charge is 2.33. The summed E-state index contributed by atoms with van der Waals surface area (Å²) in [6.45, 7) is 9.76. The predicted molar refractivity (Wildman–Crippen MR) is 154 cm³/mol. The van der Waals surface area contributed by atoms with E-state index in [0.29, 0.717) is 17.9 Å². The van der Waals surface area contributed by atoms with Gasteiger partial charge in [-0.05, 0) is 89.2 Å². The smallest absolute Gasteiger partial charge is 0.253 e. The molecule has 3 aromatic carbocycles. The number of hydrogen-bond donors (Lipinski definition) is 1. The van der Waals surface area contributed by atoms with Crippen LogP contribution in [0, 0.1) is 26.6 Å².